The number of hydrogen-bond donors (Lipinski definition) is 2. The van der Waals surface area contributed by atoms with E-state index in [-0.39, 0.29) is 12.2 Å². The highest BCUT2D eigenvalue weighted by atomic mass is 19.1. The number of para-hydroxylation sites is 1. The number of nitrogens with zero attached hydrogens (tertiary/aromatic N) is 7. The lowest BCUT2D eigenvalue weighted by molar-refractivity contribution is 0.0776. The Balaban J connectivity index is 0.931. The highest BCUT2D eigenvalue weighted by molar-refractivity contribution is 6.05. The number of halogens is 3. The molecular formula is C43H42F3N9O2. The van der Waals surface area contributed by atoms with Gasteiger partial charge in [-0.1, -0.05) is 24.3 Å². The van der Waals surface area contributed by atoms with Crippen molar-refractivity contribution < 1.29 is 22.7 Å². The molecule has 3 aliphatic heterocycles. The Morgan fingerprint density at radius 1 is 0.895 bits per heavy atom. The molecule has 11 nitrogen and oxygen atoms in total. The number of piperidine rings is 1. The SMILES string of the molecule is COc1cc(N2CCC(N3CC4CC3CN4CCF)CC2)ccc1Nc1nccc(-c2c(-c3cccc(C(=O)Nc4c(F)cccc4F)c3)nc3ccccn23)n1. The largest absolute Gasteiger partial charge is 0.494 e. The average Bonchev–Trinajstić information content (AvgIpc) is 3.96. The Morgan fingerprint density at radius 3 is 2.49 bits per heavy atom. The number of likely N-dealkylation sites (tertiary alicyclic amines) is 2. The van der Waals surface area contributed by atoms with Crippen molar-refractivity contribution in [3.63, 3.8) is 0 Å². The normalized spacial score (nSPS) is 18.7. The first-order valence-electron chi connectivity index (χ1n) is 19.3. The summed E-state index contributed by atoms with van der Waals surface area (Å²) in [6, 6.07) is 25.3. The number of ether oxygens (including phenoxy) is 1. The second kappa shape index (κ2) is 15.5. The molecule has 14 heteroatoms. The number of alkyl halides is 1. The topological polar surface area (TPSA) is 103 Å². The lowest BCUT2D eigenvalue weighted by Gasteiger charge is -2.43. The summed E-state index contributed by atoms with van der Waals surface area (Å²) in [4.78, 5) is 34.9. The van der Waals surface area contributed by atoms with Crippen molar-refractivity contribution in [2.75, 3.05) is 62.0 Å². The summed E-state index contributed by atoms with van der Waals surface area (Å²) in [5, 5.41) is 5.71. The summed E-state index contributed by atoms with van der Waals surface area (Å²) in [6.07, 6.45) is 6.89. The van der Waals surface area contributed by atoms with Crippen molar-refractivity contribution in [1.29, 1.82) is 0 Å². The minimum absolute atomic E-state index is 0.198. The molecular weight excluding hydrogens is 732 g/mol. The summed E-state index contributed by atoms with van der Waals surface area (Å²) >= 11 is 0. The predicted octanol–water partition coefficient (Wildman–Crippen LogP) is 7.44. The lowest BCUT2D eigenvalue weighted by Crippen LogP contribution is -2.53. The van der Waals surface area contributed by atoms with Gasteiger partial charge in [-0.25, -0.2) is 28.1 Å². The van der Waals surface area contributed by atoms with E-state index in [1.807, 2.05) is 47.0 Å². The molecule has 292 valence electrons. The van der Waals surface area contributed by atoms with Gasteiger partial charge < -0.3 is 20.3 Å². The predicted molar refractivity (Wildman–Crippen MR) is 214 cm³/mol. The van der Waals surface area contributed by atoms with Crippen LogP contribution < -0.4 is 20.3 Å². The molecule has 0 saturated carbocycles. The number of carbonyl (C=O) groups excluding carboxylic acids is 1. The standard InChI is InChI=1S/C43H42F3N9O2/c1-57-37-24-30(52-19-14-29(15-20-52)55-26-31-23-32(55)25-53(31)21-16-44)11-12-35(37)48-43-47-17-13-36(49-43)41-39(50-38-10-2-3-18-54(38)41)27-6-4-7-28(22-27)42(56)51-40-33(45)8-5-9-34(40)46/h2-13,17-18,22,24,29,31-32H,14-16,19-21,23,25-26H2,1H3,(H,51,56)(H,47,48,49). The fourth-order valence-electron chi connectivity index (χ4n) is 8.77. The number of anilines is 4. The third-order valence-electron chi connectivity index (χ3n) is 11.5. The van der Waals surface area contributed by atoms with Crippen LogP contribution in [0.2, 0.25) is 0 Å². The zero-order valence-corrected chi connectivity index (χ0v) is 31.4. The van der Waals surface area contributed by atoms with E-state index < -0.39 is 23.2 Å². The van der Waals surface area contributed by atoms with E-state index in [9.17, 15) is 18.0 Å². The Bertz CT molecular complexity index is 2420. The molecule has 1 amide bonds. The molecule has 3 aromatic heterocycles. The second-order valence-corrected chi connectivity index (χ2v) is 14.8. The Kier molecular flexibility index (Phi) is 9.97. The minimum atomic E-state index is -0.867. The molecule has 2 N–H and O–H groups in total. The summed E-state index contributed by atoms with van der Waals surface area (Å²) in [6.45, 7) is 4.24. The van der Waals surface area contributed by atoms with Crippen LogP contribution in [0, 0.1) is 11.6 Å². The van der Waals surface area contributed by atoms with Gasteiger partial charge in [-0.2, -0.15) is 0 Å². The van der Waals surface area contributed by atoms with Crippen LogP contribution >= 0.6 is 0 Å². The molecule has 2 atom stereocenters. The number of pyridine rings is 1. The Morgan fingerprint density at radius 2 is 1.72 bits per heavy atom. The van der Waals surface area contributed by atoms with Crippen molar-refractivity contribution >= 4 is 34.6 Å². The number of hydrogen-bond acceptors (Lipinski definition) is 9. The zero-order chi connectivity index (χ0) is 39.0. The number of rotatable bonds is 11. The van der Waals surface area contributed by atoms with Gasteiger partial charge in [0.25, 0.3) is 5.91 Å². The van der Waals surface area contributed by atoms with Gasteiger partial charge >= 0.3 is 0 Å². The van der Waals surface area contributed by atoms with E-state index in [0.717, 1.165) is 63.3 Å². The molecule has 3 aliphatic rings. The maximum Gasteiger partial charge on any atom is 0.255 e. The monoisotopic (exact) mass is 773 g/mol. The van der Waals surface area contributed by atoms with Crippen molar-refractivity contribution in [3.8, 4) is 28.4 Å². The van der Waals surface area contributed by atoms with Crippen LogP contribution in [0.15, 0.2) is 97.3 Å². The van der Waals surface area contributed by atoms with Gasteiger partial charge in [0, 0.05) is 86.1 Å². The highest BCUT2D eigenvalue weighted by Crippen LogP contribution is 2.38. The van der Waals surface area contributed by atoms with Crippen LogP contribution in [0.25, 0.3) is 28.3 Å². The van der Waals surface area contributed by atoms with Gasteiger partial charge in [0.15, 0.2) is 0 Å². The number of methoxy groups -OCH3 is 1. The quantitative estimate of drug-likeness (QED) is 0.139. The van der Waals surface area contributed by atoms with Crippen molar-refractivity contribution in [3.05, 3.63) is 115 Å². The van der Waals surface area contributed by atoms with Crippen molar-refractivity contribution in [1.82, 2.24) is 29.2 Å². The number of imidazole rings is 1. The molecule has 0 aliphatic carbocycles. The molecule has 57 heavy (non-hydrogen) atoms. The number of benzene rings is 3. The van der Waals surface area contributed by atoms with Gasteiger partial charge in [0.2, 0.25) is 5.95 Å². The molecule has 0 radical (unpaired) electrons. The maximum atomic E-state index is 14.3. The Hall–Kier alpha value is -5.99. The number of carbonyl (C=O) groups is 1. The van der Waals surface area contributed by atoms with E-state index in [0.29, 0.717) is 70.3 Å². The molecule has 2 bridgehead atoms. The molecule has 2 unspecified atom stereocenters. The molecule has 6 heterocycles. The first-order valence-corrected chi connectivity index (χ1v) is 19.3. The van der Waals surface area contributed by atoms with E-state index in [2.05, 4.69) is 36.4 Å². The van der Waals surface area contributed by atoms with E-state index in [4.69, 9.17) is 14.7 Å². The molecule has 3 fully saturated rings. The summed E-state index contributed by atoms with van der Waals surface area (Å²) in [7, 11) is 1.65. The van der Waals surface area contributed by atoms with Crippen LogP contribution in [-0.4, -0.2) is 99.7 Å². The third kappa shape index (κ3) is 7.15. The zero-order valence-electron chi connectivity index (χ0n) is 31.4. The first-order chi connectivity index (χ1) is 27.9. The number of amides is 1. The third-order valence-corrected chi connectivity index (χ3v) is 11.5. The summed E-state index contributed by atoms with van der Waals surface area (Å²) in [5.41, 5.74) is 4.55. The summed E-state index contributed by atoms with van der Waals surface area (Å²) in [5.74, 6) is -1.39. The highest BCUT2D eigenvalue weighted by Gasteiger charge is 2.45. The van der Waals surface area contributed by atoms with E-state index >= 15 is 0 Å². The van der Waals surface area contributed by atoms with Crippen LogP contribution in [0.1, 0.15) is 29.6 Å². The molecule has 3 saturated heterocycles. The van der Waals surface area contributed by atoms with Gasteiger partial charge in [-0.15, -0.1) is 0 Å². The van der Waals surface area contributed by atoms with Crippen molar-refractivity contribution in [2.45, 2.75) is 37.4 Å². The van der Waals surface area contributed by atoms with Crippen LogP contribution in [0.3, 0.4) is 0 Å². The number of aromatic nitrogens is 4. The second-order valence-electron chi connectivity index (χ2n) is 14.8. The molecule has 6 aromatic rings. The van der Waals surface area contributed by atoms with Crippen molar-refractivity contribution in [2.24, 2.45) is 0 Å². The number of nitrogens with one attached hydrogen (secondary N) is 2. The van der Waals surface area contributed by atoms with Crippen LogP contribution in [-0.2, 0) is 0 Å². The summed E-state index contributed by atoms with van der Waals surface area (Å²) < 4.78 is 49.4. The van der Waals surface area contributed by atoms with E-state index in [1.54, 1.807) is 37.6 Å². The van der Waals surface area contributed by atoms with Gasteiger partial charge in [0.05, 0.1) is 29.9 Å². The smallest absolute Gasteiger partial charge is 0.255 e. The number of fused-ring (bicyclic) bond motifs is 3. The van der Waals surface area contributed by atoms with Gasteiger partial charge in [0.1, 0.15) is 35.4 Å². The molecule has 9 rings (SSSR count). The van der Waals surface area contributed by atoms with Crippen LogP contribution in [0.5, 0.6) is 5.75 Å². The maximum absolute atomic E-state index is 14.3. The fourth-order valence-corrected chi connectivity index (χ4v) is 8.77. The Labute approximate surface area is 328 Å². The average molecular weight is 774 g/mol. The fraction of sp³-hybridized carbons (Fsp3) is 0.302. The first kappa shape index (κ1) is 36.6. The number of piperazine rings is 1. The lowest BCUT2D eigenvalue weighted by atomic mass is 10.0. The van der Waals surface area contributed by atoms with Gasteiger partial charge in [-0.05, 0) is 73.9 Å². The van der Waals surface area contributed by atoms with Gasteiger partial charge in [-0.3, -0.25) is 19.0 Å². The molecule has 3 aromatic carbocycles. The minimum Gasteiger partial charge on any atom is -0.494 e. The van der Waals surface area contributed by atoms with Crippen LogP contribution in [0.4, 0.5) is 36.2 Å². The van der Waals surface area contributed by atoms with E-state index in [1.165, 1.54) is 6.07 Å². The molecule has 0 spiro atoms.